The predicted octanol–water partition coefficient (Wildman–Crippen LogP) is -0.202. The van der Waals surface area contributed by atoms with Crippen LogP contribution in [0, 0.1) is 5.92 Å². The maximum atomic E-state index is 11.7. The van der Waals surface area contributed by atoms with Gasteiger partial charge in [-0.05, 0) is 13.3 Å². The van der Waals surface area contributed by atoms with Crippen molar-refractivity contribution in [1.29, 1.82) is 0 Å². The lowest BCUT2D eigenvalue weighted by atomic mass is 10.0. The largest absolute Gasteiger partial charge is 0.381 e. The Morgan fingerprint density at radius 2 is 2.21 bits per heavy atom. The van der Waals surface area contributed by atoms with Crippen molar-refractivity contribution in [3.8, 4) is 0 Å². The van der Waals surface area contributed by atoms with E-state index < -0.39 is 9.84 Å². The molecule has 0 aliphatic carbocycles. The molecule has 2 heterocycles. The van der Waals surface area contributed by atoms with Crippen LogP contribution in [-0.2, 0) is 14.6 Å². The molecule has 0 spiro atoms. The molecule has 5 heteroatoms. The second-order valence-corrected chi connectivity index (χ2v) is 6.74. The van der Waals surface area contributed by atoms with E-state index in [1.807, 2.05) is 0 Å². The molecule has 2 saturated heterocycles. The van der Waals surface area contributed by atoms with Crippen molar-refractivity contribution in [2.45, 2.75) is 24.6 Å². The maximum absolute atomic E-state index is 11.7. The van der Waals surface area contributed by atoms with Gasteiger partial charge in [-0.15, -0.1) is 0 Å². The molecule has 0 amide bonds. The third-order valence-electron chi connectivity index (χ3n) is 3.23. The molecule has 2 aliphatic heterocycles. The molecule has 14 heavy (non-hydrogen) atoms. The molecule has 1 N–H and O–H groups in total. The van der Waals surface area contributed by atoms with Gasteiger partial charge in [0.15, 0.2) is 9.84 Å². The van der Waals surface area contributed by atoms with Crippen LogP contribution in [0.1, 0.15) is 13.3 Å². The minimum Gasteiger partial charge on any atom is -0.381 e. The first-order valence-electron chi connectivity index (χ1n) is 5.12. The summed E-state index contributed by atoms with van der Waals surface area (Å²) in [6.45, 7) is 3.84. The average molecular weight is 219 g/mol. The molecule has 2 aliphatic rings. The molecule has 2 rings (SSSR count). The molecule has 0 saturated carbocycles. The van der Waals surface area contributed by atoms with E-state index in [2.05, 4.69) is 5.32 Å². The molecule has 0 aromatic carbocycles. The van der Waals surface area contributed by atoms with E-state index in [1.165, 1.54) is 0 Å². The highest BCUT2D eigenvalue weighted by Crippen LogP contribution is 2.21. The molecular formula is C9H17NO3S. The van der Waals surface area contributed by atoms with E-state index in [1.54, 1.807) is 6.92 Å². The maximum Gasteiger partial charge on any atom is 0.155 e. The Bertz CT molecular complexity index is 295. The summed E-state index contributed by atoms with van der Waals surface area (Å²) in [6, 6.07) is 0.110. The number of nitrogens with one attached hydrogen (secondary N) is 1. The normalized spacial score (nSPS) is 42.5. The van der Waals surface area contributed by atoms with Gasteiger partial charge in [0.25, 0.3) is 0 Å². The molecule has 4 nitrogen and oxygen atoms in total. The van der Waals surface area contributed by atoms with E-state index in [4.69, 9.17) is 4.74 Å². The van der Waals surface area contributed by atoms with Crippen LogP contribution in [0.25, 0.3) is 0 Å². The Hall–Kier alpha value is -0.130. The molecule has 82 valence electrons. The Kier molecular flexibility index (Phi) is 2.81. The van der Waals surface area contributed by atoms with Crippen LogP contribution in [0.2, 0.25) is 0 Å². The van der Waals surface area contributed by atoms with Gasteiger partial charge in [-0.3, -0.25) is 0 Å². The molecule has 2 fully saturated rings. The second kappa shape index (κ2) is 3.79. The van der Waals surface area contributed by atoms with Crippen LogP contribution in [-0.4, -0.2) is 45.2 Å². The third kappa shape index (κ3) is 1.94. The Morgan fingerprint density at radius 3 is 2.79 bits per heavy atom. The van der Waals surface area contributed by atoms with E-state index in [-0.39, 0.29) is 17.0 Å². The summed E-state index contributed by atoms with van der Waals surface area (Å²) in [7, 11) is -2.87. The lowest BCUT2D eigenvalue weighted by Crippen LogP contribution is -2.52. The summed E-state index contributed by atoms with van der Waals surface area (Å²) < 4.78 is 28.6. The van der Waals surface area contributed by atoms with Gasteiger partial charge in [0, 0.05) is 25.1 Å². The lowest BCUT2D eigenvalue weighted by molar-refractivity contribution is 0.178. The fourth-order valence-corrected chi connectivity index (χ4v) is 3.66. The van der Waals surface area contributed by atoms with Crippen molar-refractivity contribution >= 4 is 9.84 Å². The summed E-state index contributed by atoms with van der Waals surface area (Å²) in [4.78, 5) is 0. The van der Waals surface area contributed by atoms with Crippen molar-refractivity contribution < 1.29 is 13.2 Å². The summed E-state index contributed by atoms with van der Waals surface area (Å²) in [5.74, 6) is 0.666. The zero-order valence-corrected chi connectivity index (χ0v) is 9.22. The lowest BCUT2D eigenvalue weighted by Gasteiger charge is -2.31. The van der Waals surface area contributed by atoms with Gasteiger partial charge in [-0.25, -0.2) is 8.42 Å². The van der Waals surface area contributed by atoms with Gasteiger partial charge in [-0.1, -0.05) is 0 Å². The Morgan fingerprint density at radius 1 is 1.43 bits per heavy atom. The van der Waals surface area contributed by atoms with Gasteiger partial charge in [0.2, 0.25) is 0 Å². The first kappa shape index (κ1) is 10.4. The SMILES string of the molecule is CC1CNC(C2CCOC2)CS1(=O)=O. The van der Waals surface area contributed by atoms with Gasteiger partial charge < -0.3 is 10.1 Å². The zero-order valence-electron chi connectivity index (χ0n) is 8.40. The number of hydrogen-bond donors (Lipinski definition) is 1. The summed E-state index contributed by atoms with van der Waals surface area (Å²) in [5, 5.41) is 3.07. The Labute approximate surface area is 84.9 Å². The molecule has 0 aromatic rings. The average Bonchev–Trinajstić information content (AvgIpc) is 2.62. The van der Waals surface area contributed by atoms with Crippen LogP contribution in [0.5, 0.6) is 0 Å². The van der Waals surface area contributed by atoms with Gasteiger partial charge >= 0.3 is 0 Å². The van der Waals surface area contributed by atoms with Crippen LogP contribution in [0.3, 0.4) is 0 Å². The molecule has 0 radical (unpaired) electrons. The fourth-order valence-electron chi connectivity index (χ4n) is 2.09. The minimum atomic E-state index is -2.87. The second-order valence-electron chi connectivity index (χ2n) is 4.28. The fraction of sp³-hybridized carbons (Fsp3) is 1.00. The van der Waals surface area contributed by atoms with Gasteiger partial charge in [-0.2, -0.15) is 0 Å². The predicted molar refractivity (Wildman–Crippen MR) is 54.0 cm³/mol. The van der Waals surface area contributed by atoms with Crippen molar-refractivity contribution in [1.82, 2.24) is 5.32 Å². The van der Waals surface area contributed by atoms with E-state index in [0.717, 1.165) is 13.0 Å². The third-order valence-corrected chi connectivity index (χ3v) is 5.44. The van der Waals surface area contributed by atoms with Gasteiger partial charge in [0.05, 0.1) is 17.6 Å². The highest BCUT2D eigenvalue weighted by atomic mass is 32.2. The number of hydrogen-bond acceptors (Lipinski definition) is 4. The first-order chi connectivity index (χ1) is 6.59. The van der Waals surface area contributed by atoms with Crippen LogP contribution < -0.4 is 5.32 Å². The quantitative estimate of drug-likeness (QED) is 0.663. The molecule has 0 bridgehead atoms. The summed E-state index contributed by atoms with van der Waals surface area (Å²) in [6.07, 6.45) is 0.988. The topological polar surface area (TPSA) is 55.4 Å². The monoisotopic (exact) mass is 219 g/mol. The van der Waals surface area contributed by atoms with Crippen molar-refractivity contribution in [3.63, 3.8) is 0 Å². The molecular weight excluding hydrogens is 202 g/mol. The number of ether oxygens (including phenoxy) is 1. The van der Waals surface area contributed by atoms with E-state index in [0.29, 0.717) is 19.1 Å². The zero-order chi connectivity index (χ0) is 10.2. The standard InChI is InChI=1S/C9H17NO3S/c1-7-4-10-9(6-14(7,11)12)8-2-3-13-5-8/h7-10H,2-6H2,1H3. The van der Waals surface area contributed by atoms with Crippen LogP contribution >= 0.6 is 0 Å². The summed E-state index contributed by atoms with van der Waals surface area (Å²) >= 11 is 0. The van der Waals surface area contributed by atoms with Crippen molar-refractivity contribution in [2.24, 2.45) is 5.92 Å². The van der Waals surface area contributed by atoms with Crippen molar-refractivity contribution in [3.05, 3.63) is 0 Å². The molecule has 3 unspecified atom stereocenters. The van der Waals surface area contributed by atoms with Crippen LogP contribution in [0.4, 0.5) is 0 Å². The number of rotatable bonds is 1. The van der Waals surface area contributed by atoms with Crippen molar-refractivity contribution in [2.75, 3.05) is 25.5 Å². The van der Waals surface area contributed by atoms with Crippen LogP contribution in [0.15, 0.2) is 0 Å². The highest BCUT2D eigenvalue weighted by Gasteiger charge is 2.36. The minimum absolute atomic E-state index is 0.110. The molecule has 3 atom stereocenters. The summed E-state index contributed by atoms with van der Waals surface area (Å²) in [5.41, 5.74) is 0. The smallest absolute Gasteiger partial charge is 0.155 e. The number of sulfone groups is 1. The first-order valence-corrected chi connectivity index (χ1v) is 6.84. The van der Waals surface area contributed by atoms with E-state index >= 15 is 0 Å². The molecule has 0 aromatic heterocycles. The Balaban J connectivity index is 2.03. The van der Waals surface area contributed by atoms with E-state index in [9.17, 15) is 8.42 Å². The van der Waals surface area contributed by atoms with Gasteiger partial charge in [0.1, 0.15) is 0 Å². The highest BCUT2D eigenvalue weighted by molar-refractivity contribution is 7.92.